The predicted octanol–water partition coefficient (Wildman–Crippen LogP) is 1.77. The lowest BCUT2D eigenvalue weighted by Gasteiger charge is -2.00. The average molecular weight is 246 g/mol. The molecule has 2 rings (SSSR count). The number of phenols is 2. The van der Waals surface area contributed by atoms with Crippen molar-refractivity contribution in [1.82, 2.24) is 5.32 Å². The minimum Gasteiger partial charge on any atom is -0.504 e. The van der Waals surface area contributed by atoms with E-state index in [2.05, 4.69) is 5.32 Å². The Balaban J connectivity index is 0.000000199. The van der Waals surface area contributed by atoms with Gasteiger partial charge in [-0.1, -0.05) is 18.2 Å². The molecule has 0 spiro atoms. The normalized spacial score (nSPS) is 12.3. The molecule has 0 bridgehead atoms. The van der Waals surface area contributed by atoms with E-state index in [1.807, 2.05) is 36.7 Å². The van der Waals surface area contributed by atoms with E-state index in [9.17, 15) is 0 Å². The second-order valence-electron chi connectivity index (χ2n) is 3.63. The van der Waals surface area contributed by atoms with Gasteiger partial charge in [0.2, 0.25) is 0 Å². The molecule has 1 heterocycles. The zero-order chi connectivity index (χ0) is 13.2. The van der Waals surface area contributed by atoms with Crippen molar-refractivity contribution >= 4 is 0 Å². The van der Waals surface area contributed by atoms with Crippen molar-refractivity contribution in [3.8, 4) is 11.5 Å². The maximum atomic E-state index is 9.04. The van der Waals surface area contributed by atoms with Gasteiger partial charge in [0.1, 0.15) is 0 Å². The minimum absolute atomic E-state index is 0.0871. The van der Waals surface area contributed by atoms with Gasteiger partial charge in [-0.2, -0.15) is 0 Å². The number of hydrogen-bond donors (Lipinski definition) is 4. The fourth-order valence-corrected chi connectivity index (χ4v) is 1.30. The number of nitrogens with one attached hydrogen (secondary N) is 1. The van der Waals surface area contributed by atoms with Gasteiger partial charge in [-0.05, 0) is 42.8 Å². The van der Waals surface area contributed by atoms with E-state index in [4.69, 9.17) is 15.9 Å². The molecule has 0 saturated heterocycles. The fraction of sp³-hybridized carbons (Fsp3) is 0.143. The molecule has 1 aromatic carbocycles. The van der Waals surface area contributed by atoms with E-state index in [-0.39, 0.29) is 11.5 Å². The van der Waals surface area contributed by atoms with Crippen LogP contribution in [0, 0.1) is 0 Å². The first kappa shape index (κ1) is 13.9. The number of benzene rings is 1. The molecule has 0 aromatic heterocycles. The highest BCUT2D eigenvalue weighted by Crippen LogP contribution is 2.24. The van der Waals surface area contributed by atoms with Gasteiger partial charge in [-0.25, -0.2) is 0 Å². The van der Waals surface area contributed by atoms with Crippen LogP contribution in [0.1, 0.15) is 5.56 Å². The van der Waals surface area contributed by atoms with Crippen LogP contribution in [0.25, 0.3) is 0 Å². The van der Waals surface area contributed by atoms with Crippen molar-refractivity contribution in [2.24, 2.45) is 5.73 Å². The van der Waals surface area contributed by atoms with Crippen LogP contribution in [0.15, 0.2) is 54.9 Å². The molecule has 0 saturated carbocycles. The molecule has 0 atom stereocenters. The van der Waals surface area contributed by atoms with Gasteiger partial charge >= 0.3 is 0 Å². The fourth-order valence-electron chi connectivity index (χ4n) is 1.30. The highest BCUT2D eigenvalue weighted by atomic mass is 16.3. The smallest absolute Gasteiger partial charge is 0.157 e. The Kier molecular flexibility index (Phi) is 6.14. The quantitative estimate of drug-likeness (QED) is 0.600. The van der Waals surface area contributed by atoms with Crippen LogP contribution in [-0.4, -0.2) is 16.8 Å². The lowest BCUT2D eigenvalue weighted by atomic mass is 10.1. The highest BCUT2D eigenvalue weighted by molar-refractivity contribution is 5.40. The van der Waals surface area contributed by atoms with Crippen molar-refractivity contribution in [2.45, 2.75) is 6.42 Å². The van der Waals surface area contributed by atoms with E-state index >= 15 is 0 Å². The SMILES string of the molecule is C1=CC=CNC=C1.NCCc1ccc(O)c(O)c1. The summed E-state index contributed by atoms with van der Waals surface area (Å²) in [4.78, 5) is 0. The number of hydrogen-bond acceptors (Lipinski definition) is 4. The predicted molar refractivity (Wildman–Crippen MR) is 73.1 cm³/mol. The summed E-state index contributed by atoms with van der Waals surface area (Å²) < 4.78 is 0. The molecule has 0 aliphatic carbocycles. The van der Waals surface area contributed by atoms with Crippen molar-refractivity contribution in [3.63, 3.8) is 0 Å². The van der Waals surface area contributed by atoms with E-state index < -0.39 is 0 Å². The van der Waals surface area contributed by atoms with Crippen molar-refractivity contribution in [1.29, 1.82) is 0 Å². The summed E-state index contributed by atoms with van der Waals surface area (Å²) in [5.74, 6) is -0.179. The summed E-state index contributed by atoms with van der Waals surface area (Å²) in [7, 11) is 0. The Morgan fingerprint density at radius 2 is 1.61 bits per heavy atom. The Bertz CT molecular complexity index is 437. The van der Waals surface area contributed by atoms with Crippen molar-refractivity contribution < 1.29 is 10.2 Å². The van der Waals surface area contributed by atoms with Gasteiger partial charge in [0.05, 0.1) is 0 Å². The minimum atomic E-state index is -0.0919. The zero-order valence-electron chi connectivity index (χ0n) is 10.1. The van der Waals surface area contributed by atoms with Crippen LogP contribution in [0.4, 0.5) is 0 Å². The zero-order valence-corrected chi connectivity index (χ0v) is 10.1. The first-order valence-electron chi connectivity index (χ1n) is 5.69. The van der Waals surface area contributed by atoms with Crippen LogP contribution in [0.3, 0.4) is 0 Å². The van der Waals surface area contributed by atoms with Gasteiger partial charge in [-0.15, -0.1) is 0 Å². The second kappa shape index (κ2) is 7.97. The standard InChI is InChI=1S/C8H11NO2.C6H7N/c9-4-3-6-1-2-7(10)8(11)5-6;1-2-4-6-7-5-3-1/h1-2,5,10-11H,3-4,9H2;1-7H. The molecule has 5 N–H and O–H groups in total. The Morgan fingerprint density at radius 1 is 0.944 bits per heavy atom. The maximum absolute atomic E-state index is 9.04. The first-order chi connectivity index (χ1) is 8.74. The van der Waals surface area contributed by atoms with Gasteiger partial charge in [-0.3, -0.25) is 0 Å². The Hall–Kier alpha value is -2.20. The molecular weight excluding hydrogens is 228 g/mol. The molecule has 18 heavy (non-hydrogen) atoms. The molecule has 0 amide bonds. The molecule has 1 aliphatic rings. The number of aromatic hydroxyl groups is 2. The lowest BCUT2D eigenvalue weighted by molar-refractivity contribution is 0.403. The third-order valence-electron chi connectivity index (χ3n) is 2.19. The molecule has 0 fully saturated rings. The Morgan fingerprint density at radius 3 is 2.17 bits per heavy atom. The van der Waals surface area contributed by atoms with Crippen molar-refractivity contribution in [3.05, 3.63) is 60.5 Å². The summed E-state index contributed by atoms with van der Waals surface area (Å²) in [6.07, 6.45) is 12.3. The third-order valence-corrected chi connectivity index (χ3v) is 2.19. The van der Waals surface area contributed by atoms with E-state index in [1.165, 1.54) is 12.1 Å². The van der Waals surface area contributed by atoms with Crippen molar-refractivity contribution in [2.75, 3.05) is 6.54 Å². The van der Waals surface area contributed by atoms with Gasteiger partial charge < -0.3 is 21.3 Å². The number of allylic oxidation sites excluding steroid dienone is 4. The van der Waals surface area contributed by atoms with Crippen LogP contribution >= 0.6 is 0 Å². The molecule has 96 valence electrons. The first-order valence-corrected chi connectivity index (χ1v) is 5.69. The van der Waals surface area contributed by atoms with Crippen LogP contribution < -0.4 is 11.1 Å². The van der Waals surface area contributed by atoms with E-state index in [0.29, 0.717) is 13.0 Å². The average Bonchev–Trinajstić information content (AvgIpc) is 2.67. The summed E-state index contributed by atoms with van der Waals surface area (Å²) in [6, 6.07) is 4.71. The number of phenolic OH excluding ortho intramolecular Hbond substituents is 2. The van der Waals surface area contributed by atoms with E-state index in [1.54, 1.807) is 6.07 Å². The van der Waals surface area contributed by atoms with Gasteiger partial charge in [0.25, 0.3) is 0 Å². The molecule has 4 nitrogen and oxygen atoms in total. The summed E-state index contributed by atoms with van der Waals surface area (Å²) in [6.45, 7) is 0.546. The summed E-state index contributed by atoms with van der Waals surface area (Å²) >= 11 is 0. The summed E-state index contributed by atoms with van der Waals surface area (Å²) in [5.41, 5.74) is 6.24. The molecule has 1 aromatic rings. The second-order valence-corrected chi connectivity index (χ2v) is 3.63. The highest BCUT2D eigenvalue weighted by Gasteiger charge is 1.98. The topological polar surface area (TPSA) is 78.5 Å². The monoisotopic (exact) mass is 246 g/mol. The van der Waals surface area contributed by atoms with Crippen LogP contribution in [0.5, 0.6) is 11.5 Å². The third kappa shape index (κ3) is 5.23. The molecule has 1 aliphatic heterocycles. The van der Waals surface area contributed by atoms with Crippen LogP contribution in [0.2, 0.25) is 0 Å². The van der Waals surface area contributed by atoms with E-state index in [0.717, 1.165) is 5.56 Å². The molecular formula is C14H18N2O2. The largest absolute Gasteiger partial charge is 0.504 e. The summed E-state index contributed by atoms with van der Waals surface area (Å²) in [5, 5.41) is 20.9. The number of nitrogens with two attached hydrogens (primary N) is 1. The van der Waals surface area contributed by atoms with Gasteiger partial charge in [0.15, 0.2) is 11.5 Å². The number of rotatable bonds is 2. The van der Waals surface area contributed by atoms with Crippen LogP contribution in [-0.2, 0) is 6.42 Å². The lowest BCUT2D eigenvalue weighted by Crippen LogP contribution is -2.02. The molecule has 0 radical (unpaired) electrons. The Labute approximate surface area is 107 Å². The molecule has 0 unspecified atom stereocenters. The van der Waals surface area contributed by atoms with Gasteiger partial charge in [0, 0.05) is 12.4 Å². The maximum Gasteiger partial charge on any atom is 0.157 e. The molecule has 4 heteroatoms.